The third-order valence-corrected chi connectivity index (χ3v) is 3.81. The highest BCUT2D eigenvalue weighted by atomic mass is 16.3. The molecular formula is C20H28O2. The number of unbranched alkanes of at least 4 members (excludes halogenated alkanes) is 2. The average molecular weight is 300 g/mol. The molecule has 2 nitrogen and oxygen atoms in total. The predicted octanol–water partition coefficient (Wildman–Crippen LogP) is 5.02. The number of ketones is 1. The molecule has 0 atom stereocenters. The second kappa shape index (κ2) is 8.03. The summed E-state index contributed by atoms with van der Waals surface area (Å²) in [5.74, 6) is 3.08. The van der Waals surface area contributed by atoms with Gasteiger partial charge in [-0.15, -0.1) is 12.3 Å². The summed E-state index contributed by atoms with van der Waals surface area (Å²) < 4.78 is 0. The number of aryl methyl sites for hydroxylation is 1. The van der Waals surface area contributed by atoms with Crippen molar-refractivity contribution in [2.24, 2.45) is 0 Å². The number of benzene rings is 1. The Labute approximate surface area is 134 Å². The first kappa shape index (κ1) is 18.3. The van der Waals surface area contributed by atoms with Crippen LogP contribution in [0.1, 0.15) is 81.3 Å². The summed E-state index contributed by atoms with van der Waals surface area (Å²) in [6, 6.07) is 3.72. The van der Waals surface area contributed by atoms with Crippen molar-refractivity contribution in [3.8, 4) is 18.1 Å². The number of carbonyl (C=O) groups excluding carboxylic acids is 1. The summed E-state index contributed by atoms with van der Waals surface area (Å²) in [6.45, 7) is 8.24. The minimum atomic E-state index is -0.188. The topological polar surface area (TPSA) is 37.3 Å². The monoisotopic (exact) mass is 300 g/mol. The van der Waals surface area contributed by atoms with Crippen LogP contribution in [0.15, 0.2) is 12.1 Å². The number of hydrogen-bond donors (Lipinski definition) is 1. The van der Waals surface area contributed by atoms with Crippen molar-refractivity contribution in [2.75, 3.05) is 0 Å². The minimum absolute atomic E-state index is 0.139. The Morgan fingerprint density at radius 1 is 1.27 bits per heavy atom. The molecular weight excluding hydrogens is 272 g/mol. The highest BCUT2D eigenvalue weighted by molar-refractivity contribution is 5.96. The number of phenols is 1. The average Bonchev–Trinajstić information content (AvgIpc) is 2.44. The number of carbonyl (C=O) groups is 1. The van der Waals surface area contributed by atoms with Gasteiger partial charge in [-0.25, -0.2) is 0 Å². The number of aromatic hydroxyl groups is 1. The lowest BCUT2D eigenvalue weighted by Crippen LogP contribution is -2.14. The van der Waals surface area contributed by atoms with E-state index in [2.05, 4.69) is 33.6 Å². The van der Waals surface area contributed by atoms with E-state index in [9.17, 15) is 9.90 Å². The quantitative estimate of drug-likeness (QED) is 0.436. The van der Waals surface area contributed by atoms with E-state index in [4.69, 9.17) is 6.42 Å². The molecule has 0 saturated heterocycles. The second-order valence-corrected chi connectivity index (χ2v) is 6.87. The molecule has 0 aliphatic rings. The summed E-state index contributed by atoms with van der Waals surface area (Å²) in [6.07, 6.45) is 9.89. The summed E-state index contributed by atoms with van der Waals surface area (Å²) in [5.41, 5.74) is 2.26. The first-order chi connectivity index (χ1) is 10.3. The van der Waals surface area contributed by atoms with Gasteiger partial charge in [0.15, 0.2) is 5.78 Å². The highest BCUT2D eigenvalue weighted by Crippen LogP contribution is 2.35. The van der Waals surface area contributed by atoms with Crippen molar-refractivity contribution in [3.63, 3.8) is 0 Å². The van der Waals surface area contributed by atoms with Crippen molar-refractivity contribution in [2.45, 2.75) is 71.6 Å². The van der Waals surface area contributed by atoms with Gasteiger partial charge in [-0.05, 0) is 42.4 Å². The van der Waals surface area contributed by atoms with E-state index < -0.39 is 0 Å². The van der Waals surface area contributed by atoms with Gasteiger partial charge in [0.25, 0.3) is 0 Å². The normalized spacial score (nSPS) is 11.2. The molecule has 0 heterocycles. The number of phenolic OH excluding ortho intramolecular Hbond substituents is 1. The second-order valence-electron chi connectivity index (χ2n) is 6.87. The molecule has 0 amide bonds. The molecule has 120 valence electrons. The van der Waals surface area contributed by atoms with Crippen LogP contribution in [0.5, 0.6) is 5.75 Å². The van der Waals surface area contributed by atoms with Gasteiger partial charge in [-0.2, -0.15) is 0 Å². The molecule has 1 rings (SSSR count). The summed E-state index contributed by atoms with van der Waals surface area (Å²) in [5, 5.41) is 10.5. The Morgan fingerprint density at radius 2 is 1.95 bits per heavy atom. The van der Waals surface area contributed by atoms with Crippen LogP contribution in [0.25, 0.3) is 0 Å². The Hall–Kier alpha value is -1.75. The molecule has 0 fully saturated rings. The van der Waals surface area contributed by atoms with E-state index in [1.165, 1.54) is 0 Å². The maximum absolute atomic E-state index is 12.4. The number of hydrogen-bond acceptors (Lipinski definition) is 2. The largest absolute Gasteiger partial charge is 0.507 e. The smallest absolute Gasteiger partial charge is 0.162 e. The van der Waals surface area contributed by atoms with Gasteiger partial charge in [0.05, 0.1) is 0 Å². The lowest BCUT2D eigenvalue weighted by atomic mass is 9.82. The van der Waals surface area contributed by atoms with Crippen molar-refractivity contribution in [3.05, 3.63) is 28.8 Å². The maximum atomic E-state index is 12.4. The van der Waals surface area contributed by atoms with Crippen LogP contribution in [0.4, 0.5) is 0 Å². The molecule has 0 aliphatic heterocycles. The third kappa shape index (κ3) is 4.91. The number of rotatable bonds is 7. The molecule has 0 aliphatic carbocycles. The van der Waals surface area contributed by atoms with Crippen LogP contribution in [-0.2, 0) is 11.8 Å². The highest BCUT2D eigenvalue weighted by Gasteiger charge is 2.22. The zero-order valence-electron chi connectivity index (χ0n) is 14.3. The zero-order chi connectivity index (χ0) is 16.8. The maximum Gasteiger partial charge on any atom is 0.162 e. The molecule has 0 radical (unpaired) electrons. The first-order valence-electron chi connectivity index (χ1n) is 8.14. The van der Waals surface area contributed by atoms with Gasteiger partial charge in [0, 0.05) is 24.0 Å². The molecule has 22 heavy (non-hydrogen) atoms. The van der Waals surface area contributed by atoms with Crippen molar-refractivity contribution in [1.29, 1.82) is 0 Å². The van der Waals surface area contributed by atoms with E-state index in [0.717, 1.165) is 43.2 Å². The lowest BCUT2D eigenvalue weighted by Gasteiger charge is -2.23. The third-order valence-electron chi connectivity index (χ3n) is 3.81. The molecule has 0 saturated carbocycles. The zero-order valence-corrected chi connectivity index (χ0v) is 14.3. The molecule has 2 heteroatoms. The van der Waals surface area contributed by atoms with Gasteiger partial charge in [-0.3, -0.25) is 4.79 Å². The Bertz CT molecular complexity index is 556. The van der Waals surface area contributed by atoms with Gasteiger partial charge >= 0.3 is 0 Å². The van der Waals surface area contributed by atoms with E-state index in [1.54, 1.807) is 0 Å². The van der Waals surface area contributed by atoms with Gasteiger partial charge < -0.3 is 5.11 Å². The fraction of sp³-hybridized carbons (Fsp3) is 0.550. The molecule has 1 N–H and O–H groups in total. The van der Waals surface area contributed by atoms with Gasteiger partial charge in [-0.1, -0.05) is 34.1 Å². The van der Waals surface area contributed by atoms with Crippen LogP contribution in [0.2, 0.25) is 0 Å². The molecule has 1 aromatic rings. The summed E-state index contributed by atoms with van der Waals surface area (Å²) >= 11 is 0. The van der Waals surface area contributed by atoms with Gasteiger partial charge in [0.1, 0.15) is 5.75 Å². The van der Waals surface area contributed by atoms with Crippen LogP contribution < -0.4 is 0 Å². The van der Waals surface area contributed by atoms with Gasteiger partial charge in [0.2, 0.25) is 0 Å². The number of Topliss-reactive ketones (excluding diaryl/α,β-unsaturated/α-hetero) is 1. The fourth-order valence-electron chi connectivity index (χ4n) is 2.54. The van der Waals surface area contributed by atoms with Crippen LogP contribution in [0, 0.1) is 12.3 Å². The van der Waals surface area contributed by atoms with E-state index >= 15 is 0 Å². The van der Waals surface area contributed by atoms with E-state index in [-0.39, 0.29) is 11.2 Å². The van der Waals surface area contributed by atoms with Crippen LogP contribution in [0.3, 0.4) is 0 Å². The van der Waals surface area contributed by atoms with Crippen molar-refractivity contribution >= 4 is 5.78 Å². The first-order valence-corrected chi connectivity index (χ1v) is 8.14. The van der Waals surface area contributed by atoms with E-state index in [0.29, 0.717) is 17.7 Å². The minimum Gasteiger partial charge on any atom is -0.507 e. The Morgan fingerprint density at radius 3 is 2.50 bits per heavy atom. The summed E-state index contributed by atoms with van der Waals surface area (Å²) in [4.78, 5) is 12.4. The predicted molar refractivity (Wildman–Crippen MR) is 92.4 cm³/mol. The molecule has 1 aromatic carbocycles. The molecule has 0 aromatic heterocycles. The fourth-order valence-corrected chi connectivity index (χ4v) is 2.54. The molecule has 0 spiro atoms. The van der Waals surface area contributed by atoms with E-state index in [1.807, 2.05) is 12.1 Å². The molecule has 0 unspecified atom stereocenters. The SMILES string of the molecule is C#CCCCCC(=O)c1cc(CCC)c(O)c(C(C)(C)C)c1. The Kier molecular flexibility index (Phi) is 6.68. The van der Waals surface area contributed by atoms with Crippen LogP contribution in [-0.4, -0.2) is 10.9 Å². The van der Waals surface area contributed by atoms with Crippen molar-refractivity contribution in [1.82, 2.24) is 0 Å². The van der Waals surface area contributed by atoms with Crippen molar-refractivity contribution < 1.29 is 9.90 Å². The standard InChI is InChI=1S/C20H28O2/c1-6-8-9-10-12-18(21)16-13-15(11-7-2)19(22)17(14-16)20(3,4)5/h1,13-14,22H,7-12H2,2-5H3. The summed E-state index contributed by atoms with van der Waals surface area (Å²) in [7, 11) is 0. The lowest BCUT2D eigenvalue weighted by molar-refractivity contribution is 0.0979. The number of terminal acetylenes is 1. The Balaban J connectivity index is 3.06. The molecule has 0 bridgehead atoms. The van der Waals surface area contributed by atoms with Crippen LogP contribution >= 0.6 is 0 Å².